The molecule has 8 heteroatoms. The average Bonchev–Trinajstić information content (AvgIpc) is 3.34. The zero-order valence-corrected chi connectivity index (χ0v) is 22.8. The van der Waals surface area contributed by atoms with Gasteiger partial charge in [-0.2, -0.15) is 15.2 Å². The van der Waals surface area contributed by atoms with Gasteiger partial charge in [0.05, 0.1) is 31.3 Å². The van der Waals surface area contributed by atoms with Gasteiger partial charge < -0.3 is 24.8 Å². The number of hydrogen-bond donors (Lipinski definition) is 1. The largest absolute Gasteiger partial charge is 0.463 e. The number of rotatable bonds is 7. The van der Waals surface area contributed by atoms with E-state index in [0.29, 0.717) is 31.0 Å². The lowest BCUT2D eigenvalue weighted by atomic mass is 10.0. The van der Waals surface area contributed by atoms with Crippen molar-refractivity contribution in [1.82, 2.24) is 20.2 Å². The Labute approximate surface area is 221 Å². The molecule has 2 aromatic rings. The second-order valence-corrected chi connectivity index (χ2v) is 11.1. The van der Waals surface area contributed by atoms with Crippen LogP contribution < -0.4 is 19.9 Å². The molecule has 0 unspecified atom stereocenters. The fourth-order valence-corrected chi connectivity index (χ4v) is 6.24. The maximum absolute atomic E-state index is 9.26. The lowest BCUT2D eigenvalue weighted by Crippen LogP contribution is -2.51. The summed E-state index contributed by atoms with van der Waals surface area (Å²) in [7, 11) is 2.21. The minimum absolute atomic E-state index is 0.154. The molecule has 4 heterocycles. The second kappa shape index (κ2) is 11.2. The molecule has 3 aliphatic heterocycles. The van der Waals surface area contributed by atoms with Crippen LogP contribution in [0.15, 0.2) is 18.2 Å². The van der Waals surface area contributed by atoms with E-state index in [2.05, 4.69) is 72.1 Å². The Bertz CT molecular complexity index is 1150. The highest BCUT2D eigenvalue weighted by Gasteiger charge is 2.30. The van der Waals surface area contributed by atoms with Crippen LogP contribution in [0.25, 0.3) is 0 Å². The maximum atomic E-state index is 9.26. The van der Waals surface area contributed by atoms with Gasteiger partial charge >= 0.3 is 6.01 Å². The minimum Gasteiger partial charge on any atom is -0.463 e. The number of fused-ring (bicyclic) bond motifs is 1. The predicted octanol–water partition coefficient (Wildman–Crippen LogP) is 3.46. The molecule has 3 atom stereocenters. The van der Waals surface area contributed by atoms with E-state index in [1.807, 2.05) is 0 Å². The predicted molar refractivity (Wildman–Crippen MR) is 147 cm³/mol. The summed E-state index contributed by atoms with van der Waals surface area (Å²) < 4.78 is 6.32. The van der Waals surface area contributed by atoms with E-state index < -0.39 is 0 Å². The molecular weight excluding hydrogens is 462 g/mol. The number of likely N-dealkylation sites (tertiary alicyclic amines) is 1. The van der Waals surface area contributed by atoms with Crippen LogP contribution in [-0.2, 0) is 13.0 Å². The molecular formula is C29H41N7O. The van der Waals surface area contributed by atoms with Gasteiger partial charge in [-0.1, -0.05) is 19.1 Å². The first-order valence-corrected chi connectivity index (χ1v) is 13.8. The van der Waals surface area contributed by atoms with Crippen LogP contribution in [0.2, 0.25) is 0 Å². The van der Waals surface area contributed by atoms with Crippen LogP contribution in [0.4, 0.5) is 11.5 Å². The van der Waals surface area contributed by atoms with Crippen LogP contribution in [0.5, 0.6) is 6.01 Å². The van der Waals surface area contributed by atoms with Crippen molar-refractivity contribution in [1.29, 1.82) is 5.26 Å². The quantitative estimate of drug-likeness (QED) is 0.615. The Balaban J connectivity index is 1.42. The number of benzene rings is 1. The van der Waals surface area contributed by atoms with Gasteiger partial charge in [0.15, 0.2) is 0 Å². The summed E-state index contributed by atoms with van der Waals surface area (Å²) >= 11 is 0. The summed E-state index contributed by atoms with van der Waals surface area (Å²) in [4.78, 5) is 17.2. The first-order chi connectivity index (χ1) is 17.9. The standard InChI is InChI=1S/C29H41N7O/c1-20-7-5-8-27(22(20)3)35-15-11-24-25(18-35)32-29(37-19-21(2)26-9-6-14-34(26)4)33-28(24)36-16-13-31-23(17-36)10-12-30/h5,7-8,21,23,26,31H,6,9-11,13-19H2,1-4H3/t21-,23-,26-/m0/s1. The Kier molecular flexibility index (Phi) is 7.82. The van der Waals surface area contributed by atoms with Crippen molar-refractivity contribution in [3.63, 3.8) is 0 Å². The SMILES string of the molecule is Cc1cccc(N2CCc3c(nc(OC[C@H](C)[C@@H]4CCCN4C)nc3N3CCN[C@@H](CC#N)C3)C2)c1C. The fraction of sp³-hybridized carbons (Fsp3) is 0.621. The van der Waals surface area contributed by atoms with Gasteiger partial charge in [0.2, 0.25) is 0 Å². The van der Waals surface area contributed by atoms with Crippen LogP contribution >= 0.6 is 0 Å². The molecule has 0 radical (unpaired) electrons. The number of hydrogen-bond acceptors (Lipinski definition) is 8. The number of aryl methyl sites for hydroxylation is 1. The van der Waals surface area contributed by atoms with E-state index >= 15 is 0 Å². The molecule has 0 spiro atoms. The molecule has 1 N–H and O–H groups in total. The van der Waals surface area contributed by atoms with E-state index in [1.165, 1.54) is 35.2 Å². The molecule has 2 fully saturated rings. The molecule has 5 rings (SSSR count). The monoisotopic (exact) mass is 503 g/mol. The number of aromatic nitrogens is 2. The first-order valence-electron chi connectivity index (χ1n) is 13.8. The molecule has 0 bridgehead atoms. The molecule has 198 valence electrons. The summed E-state index contributed by atoms with van der Waals surface area (Å²) in [6.45, 7) is 12.6. The van der Waals surface area contributed by atoms with Crippen molar-refractivity contribution >= 4 is 11.5 Å². The highest BCUT2D eigenvalue weighted by Crippen LogP contribution is 2.33. The number of nitrogens with zero attached hydrogens (tertiary/aromatic N) is 6. The molecule has 37 heavy (non-hydrogen) atoms. The van der Waals surface area contributed by atoms with Crippen molar-refractivity contribution in [3.8, 4) is 12.1 Å². The maximum Gasteiger partial charge on any atom is 0.318 e. The van der Waals surface area contributed by atoms with Gasteiger partial charge in [0.25, 0.3) is 0 Å². The van der Waals surface area contributed by atoms with Gasteiger partial charge in [-0.05, 0) is 63.9 Å². The Morgan fingerprint density at radius 2 is 2.05 bits per heavy atom. The normalized spacial score (nSPS) is 23.0. The zero-order chi connectivity index (χ0) is 25.9. The first kappa shape index (κ1) is 25.7. The number of nitrogens with one attached hydrogen (secondary N) is 1. The van der Waals surface area contributed by atoms with Crippen molar-refractivity contribution in [2.45, 2.75) is 65.1 Å². The van der Waals surface area contributed by atoms with Gasteiger partial charge in [-0.15, -0.1) is 0 Å². The summed E-state index contributed by atoms with van der Waals surface area (Å²) in [6.07, 6.45) is 3.88. The third-order valence-corrected chi connectivity index (χ3v) is 8.54. The van der Waals surface area contributed by atoms with Crippen molar-refractivity contribution in [2.75, 3.05) is 56.2 Å². The number of anilines is 2. The van der Waals surface area contributed by atoms with E-state index in [0.717, 1.165) is 57.2 Å². The molecule has 2 saturated heterocycles. The minimum atomic E-state index is 0.154. The summed E-state index contributed by atoms with van der Waals surface area (Å²) in [5.74, 6) is 1.41. The molecule has 8 nitrogen and oxygen atoms in total. The number of piperazine rings is 1. The number of ether oxygens (including phenoxy) is 1. The third-order valence-electron chi connectivity index (χ3n) is 8.54. The third kappa shape index (κ3) is 5.53. The lowest BCUT2D eigenvalue weighted by molar-refractivity contribution is 0.161. The molecule has 1 aromatic carbocycles. The Morgan fingerprint density at radius 3 is 2.84 bits per heavy atom. The fourth-order valence-electron chi connectivity index (χ4n) is 6.24. The Hall–Kier alpha value is -2.89. The molecule has 0 saturated carbocycles. The summed E-state index contributed by atoms with van der Waals surface area (Å²) in [6, 6.07) is 10.1. The van der Waals surface area contributed by atoms with E-state index in [1.54, 1.807) is 0 Å². The highest BCUT2D eigenvalue weighted by molar-refractivity contribution is 5.59. The number of nitriles is 1. The van der Waals surface area contributed by atoms with Crippen molar-refractivity contribution < 1.29 is 4.74 Å². The van der Waals surface area contributed by atoms with Gasteiger partial charge in [0, 0.05) is 55.4 Å². The summed E-state index contributed by atoms with van der Waals surface area (Å²) in [5, 5.41) is 12.7. The zero-order valence-electron chi connectivity index (χ0n) is 22.8. The topological polar surface area (TPSA) is 80.6 Å². The smallest absolute Gasteiger partial charge is 0.318 e. The van der Waals surface area contributed by atoms with Crippen LogP contribution in [-0.4, -0.2) is 73.3 Å². The van der Waals surface area contributed by atoms with E-state index in [-0.39, 0.29) is 6.04 Å². The van der Waals surface area contributed by atoms with Crippen LogP contribution in [0, 0.1) is 31.1 Å². The van der Waals surface area contributed by atoms with E-state index in [4.69, 9.17) is 14.7 Å². The van der Waals surface area contributed by atoms with Crippen LogP contribution in [0.3, 0.4) is 0 Å². The van der Waals surface area contributed by atoms with Gasteiger partial charge in [-0.3, -0.25) is 0 Å². The van der Waals surface area contributed by atoms with Gasteiger partial charge in [0.1, 0.15) is 5.82 Å². The molecule has 3 aliphatic rings. The summed E-state index contributed by atoms with van der Waals surface area (Å²) in [5.41, 5.74) is 6.21. The van der Waals surface area contributed by atoms with Crippen molar-refractivity contribution in [3.05, 3.63) is 40.6 Å². The molecule has 0 aliphatic carbocycles. The second-order valence-electron chi connectivity index (χ2n) is 11.1. The van der Waals surface area contributed by atoms with Gasteiger partial charge in [-0.25, -0.2) is 0 Å². The van der Waals surface area contributed by atoms with E-state index in [9.17, 15) is 5.26 Å². The molecule has 0 amide bonds. The molecule has 1 aromatic heterocycles. The van der Waals surface area contributed by atoms with Crippen molar-refractivity contribution in [2.24, 2.45) is 5.92 Å². The lowest BCUT2D eigenvalue weighted by Gasteiger charge is -2.37. The Morgan fingerprint density at radius 1 is 1.19 bits per heavy atom. The average molecular weight is 504 g/mol. The van der Waals surface area contributed by atoms with Crippen LogP contribution in [0.1, 0.15) is 48.6 Å². The highest BCUT2D eigenvalue weighted by atomic mass is 16.5.